The third-order valence-corrected chi connectivity index (χ3v) is 4.22. The van der Waals surface area contributed by atoms with Gasteiger partial charge in [0.05, 0.1) is 25.7 Å². The van der Waals surface area contributed by atoms with E-state index in [0.717, 1.165) is 36.2 Å². The molecule has 0 rings (SSSR count). The average molecular weight is 313 g/mol. The number of methoxy groups -OCH3 is 2. The molecular formula is C20H40O2. The highest BCUT2D eigenvalue weighted by Crippen LogP contribution is 2.11. The summed E-state index contributed by atoms with van der Waals surface area (Å²) in [6.45, 7) is 13.0. The molecule has 132 valence electrons. The van der Waals surface area contributed by atoms with Crippen molar-refractivity contribution >= 4 is 0 Å². The Bertz CT molecular complexity index is 262. The van der Waals surface area contributed by atoms with Gasteiger partial charge < -0.3 is 9.47 Å². The first-order chi connectivity index (χ1) is 10.4. The van der Waals surface area contributed by atoms with Gasteiger partial charge in [-0.15, -0.1) is 0 Å². The molecule has 0 radical (unpaired) electrons. The van der Waals surface area contributed by atoms with E-state index in [-0.39, 0.29) is 0 Å². The van der Waals surface area contributed by atoms with Crippen molar-refractivity contribution in [1.29, 1.82) is 0 Å². The molecule has 0 aliphatic rings. The van der Waals surface area contributed by atoms with Crippen LogP contribution < -0.4 is 0 Å². The Kier molecular flexibility index (Phi) is 17.5. The summed E-state index contributed by atoms with van der Waals surface area (Å²) in [5.41, 5.74) is 0. The second kappa shape index (κ2) is 16.5. The fourth-order valence-corrected chi connectivity index (χ4v) is 1.72. The second-order valence-corrected chi connectivity index (χ2v) is 6.22. The third-order valence-electron chi connectivity index (χ3n) is 4.22. The first-order valence-electron chi connectivity index (χ1n) is 8.82. The van der Waals surface area contributed by atoms with E-state index in [9.17, 15) is 0 Å². The van der Waals surface area contributed by atoms with Crippen molar-refractivity contribution in [2.45, 2.75) is 80.1 Å². The zero-order valence-corrected chi connectivity index (χ0v) is 16.4. The molecule has 22 heavy (non-hydrogen) atoms. The molecule has 2 heteroatoms. The molecule has 0 aromatic rings. The summed E-state index contributed by atoms with van der Waals surface area (Å²) < 4.78 is 10.1. The summed E-state index contributed by atoms with van der Waals surface area (Å²) in [6.07, 6.45) is 11.7. The van der Waals surface area contributed by atoms with Gasteiger partial charge in [0.25, 0.3) is 0 Å². The molecule has 0 amide bonds. The highest BCUT2D eigenvalue weighted by Gasteiger charge is 1.96. The number of hydrogen-bond acceptors (Lipinski definition) is 2. The van der Waals surface area contributed by atoms with Crippen molar-refractivity contribution in [1.82, 2.24) is 0 Å². The summed E-state index contributed by atoms with van der Waals surface area (Å²) in [5.74, 6) is 3.76. The van der Waals surface area contributed by atoms with Gasteiger partial charge in [-0.1, -0.05) is 40.5 Å². The van der Waals surface area contributed by atoms with Gasteiger partial charge in [-0.05, 0) is 63.5 Å². The second-order valence-electron chi connectivity index (χ2n) is 6.22. The lowest BCUT2D eigenvalue weighted by Crippen LogP contribution is -1.90. The Balaban J connectivity index is 0. The maximum atomic E-state index is 5.03. The first kappa shape index (κ1) is 23.3. The minimum atomic E-state index is 0.843. The van der Waals surface area contributed by atoms with Crippen LogP contribution in [-0.2, 0) is 9.47 Å². The number of hydrogen-bond donors (Lipinski definition) is 0. The molecule has 0 saturated carbocycles. The van der Waals surface area contributed by atoms with Crippen LogP contribution in [0.15, 0.2) is 23.7 Å². The normalized spacial score (nSPS) is 14.7. The molecule has 2 atom stereocenters. The van der Waals surface area contributed by atoms with Gasteiger partial charge in [0, 0.05) is 0 Å². The van der Waals surface area contributed by atoms with Gasteiger partial charge in [-0.3, -0.25) is 0 Å². The summed E-state index contributed by atoms with van der Waals surface area (Å²) in [7, 11) is 3.43. The number of allylic oxidation sites excluding steroid dienone is 4. The zero-order valence-electron chi connectivity index (χ0n) is 16.4. The Morgan fingerprint density at radius 1 is 0.773 bits per heavy atom. The van der Waals surface area contributed by atoms with Gasteiger partial charge in [0.15, 0.2) is 0 Å². The molecule has 0 fully saturated rings. The van der Waals surface area contributed by atoms with E-state index in [0.29, 0.717) is 0 Å². The van der Waals surface area contributed by atoms with Crippen molar-refractivity contribution in [2.75, 3.05) is 14.2 Å². The fourth-order valence-electron chi connectivity index (χ4n) is 1.72. The van der Waals surface area contributed by atoms with Crippen LogP contribution in [0.2, 0.25) is 0 Å². The molecule has 0 aliphatic carbocycles. The number of rotatable bonds is 10. The molecule has 0 aliphatic heterocycles. The highest BCUT2D eigenvalue weighted by atomic mass is 16.5. The van der Waals surface area contributed by atoms with E-state index in [1.807, 2.05) is 13.8 Å². The predicted octanol–water partition coefficient (Wildman–Crippen LogP) is 6.73. The third kappa shape index (κ3) is 17.1. The van der Waals surface area contributed by atoms with E-state index < -0.39 is 0 Å². The molecule has 0 saturated heterocycles. The topological polar surface area (TPSA) is 18.5 Å². The molecule has 0 heterocycles. The quantitative estimate of drug-likeness (QED) is 0.416. The van der Waals surface area contributed by atoms with Crippen molar-refractivity contribution in [3.8, 4) is 0 Å². The van der Waals surface area contributed by atoms with E-state index in [2.05, 4.69) is 39.8 Å². The standard InChI is InChI=1S/2C10H20O/c2*1-5-9(2)7-6-8-10(3)11-4/h2*8-9H,5-7H2,1-4H3/b2*10-8-. The molecule has 2 unspecified atom stereocenters. The van der Waals surface area contributed by atoms with Crippen molar-refractivity contribution in [2.24, 2.45) is 11.8 Å². The minimum Gasteiger partial charge on any atom is -0.502 e. The lowest BCUT2D eigenvalue weighted by atomic mass is 10.0. The largest absolute Gasteiger partial charge is 0.502 e. The average Bonchev–Trinajstić information content (AvgIpc) is 2.54. The highest BCUT2D eigenvalue weighted by molar-refractivity contribution is 4.88. The van der Waals surface area contributed by atoms with Gasteiger partial charge in [0.2, 0.25) is 0 Å². The maximum Gasteiger partial charge on any atom is 0.0884 e. The van der Waals surface area contributed by atoms with Crippen LogP contribution in [0.4, 0.5) is 0 Å². The predicted molar refractivity (Wildman–Crippen MR) is 98.9 cm³/mol. The van der Waals surface area contributed by atoms with Crippen molar-refractivity contribution in [3.05, 3.63) is 23.7 Å². The molecule has 0 spiro atoms. The summed E-state index contributed by atoms with van der Waals surface area (Å²) in [4.78, 5) is 0. The lowest BCUT2D eigenvalue weighted by Gasteiger charge is -2.05. The van der Waals surface area contributed by atoms with E-state index in [4.69, 9.17) is 9.47 Å². The van der Waals surface area contributed by atoms with Gasteiger partial charge in [-0.25, -0.2) is 0 Å². The zero-order chi connectivity index (χ0) is 17.4. The Morgan fingerprint density at radius 3 is 1.32 bits per heavy atom. The molecule has 0 N–H and O–H groups in total. The van der Waals surface area contributed by atoms with Gasteiger partial charge in [-0.2, -0.15) is 0 Å². The monoisotopic (exact) mass is 312 g/mol. The molecule has 0 bridgehead atoms. The molecule has 0 aromatic heterocycles. The smallest absolute Gasteiger partial charge is 0.0884 e. The SMILES string of the molecule is CCC(C)CC/C=C(/C)OC.CCC(C)CC/C=C(/C)OC. The minimum absolute atomic E-state index is 0.843. The molecule has 0 aromatic carbocycles. The van der Waals surface area contributed by atoms with Gasteiger partial charge in [0.1, 0.15) is 0 Å². The Morgan fingerprint density at radius 2 is 1.09 bits per heavy atom. The molecular weight excluding hydrogens is 272 g/mol. The maximum absolute atomic E-state index is 5.03. The van der Waals surface area contributed by atoms with E-state index in [1.165, 1.54) is 25.7 Å². The van der Waals surface area contributed by atoms with Gasteiger partial charge >= 0.3 is 0 Å². The van der Waals surface area contributed by atoms with Crippen LogP contribution >= 0.6 is 0 Å². The summed E-state index contributed by atoms with van der Waals surface area (Å²) in [5, 5.41) is 0. The van der Waals surface area contributed by atoms with Crippen LogP contribution in [0.25, 0.3) is 0 Å². The molecule has 2 nitrogen and oxygen atoms in total. The van der Waals surface area contributed by atoms with Crippen LogP contribution in [0.1, 0.15) is 80.1 Å². The van der Waals surface area contributed by atoms with Crippen LogP contribution in [-0.4, -0.2) is 14.2 Å². The fraction of sp³-hybridized carbons (Fsp3) is 0.800. The van der Waals surface area contributed by atoms with Crippen LogP contribution in [0.3, 0.4) is 0 Å². The lowest BCUT2D eigenvalue weighted by molar-refractivity contribution is 0.291. The van der Waals surface area contributed by atoms with Crippen LogP contribution in [0.5, 0.6) is 0 Å². The van der Waals surface area contributed by atoms with E-state index >= 15 is 0 Å². The van der Waals surface area contributed by atoms with Crippen molar-refractivity contribution < 1.29 is 9.47 Å². The Labute approximate surface area is 140 Å². The summed E-state index contributed by atoms with van der Waals surface area (Å²) >= 11 is 0. The summed E-state index contributed by atoms with van der Waals surface area (Å²) in [6, 6.07) is 0. The first-order valence-corrected chi connectivity index (χ1v) is 8.82. The van der Waals surface area contributed by atoms with E-state index in [1.54, 1.807) is 14.2 Å². The Hall–Kier alpha value is -0.920. The van der Waals surface area contributed by atoms with Crippen molar-refractivity contribution in [3.63, 3.8) is 0 Å². The number of ether oxygens (including phenoxy) is 2. The van der Waals surface area contributed by atoms with Crippen LogP contribution in [0, 0.1) is 11.8 Å².